The number of hydrogen-bond donors (Lipinski definition) is 1. The van der Waals surface area contributed by atoms with Crippen molar-refractivity contribution in [2.24, 2.45) is 11.7 Å². The van der Waals surface area contributed by atoms with E-state index in [2.05, 4.69) is 0 Å². The van der Waals surface area contributed by atoms with E-state index in [-0.39, 0.29) is 6.42 Å². The molecule has 0 radical (unpaired) electrons. The Kier molecular flexibility index (Phi) is 6.87. The summed E-state index contributed by atoms with van der Waals surface area (Å²) in [5.74, 6) is -1.57. The predicted molar refractivity (Wildman–Crippen MR) is 50.3 cm³/mol. The molecule has 0 spiro atoms. The highest BCUT2D eigenvalue weighted by molar-refractivity contribution is 4.70. The Morgan fingerprint density at radius 1 is 1.13 bits per heavy atom. The van der Waals surface area contributed by atoms with Crippen LogP contribution < -0.4 is 5.73 Å². The van der Waals surface area contributed by atoms with E-state index in [0.29, 0.717) is 13.2 Å². The number of ether oxygens (including phenoxy) is 2. The standard InChI is InChI=1S/C9H18F3NO2/c1-3-14-8(15-4-2)5-7(6-13)9(10,11)12/h7-8H,3-6,13H2,1-2H3. The molecular weight excluding hydrogens is 211 g/mol. The third-order valence-electron chi connectivity index (χ3n) is 1.93. The number of alkyl halides is 3. The molecule has 2 N–H and O–H groups in total. The Balaban J connectivity index is 4.21. The molecule has 0 amide bonds. The van der Waals surface area contributed by atoms with Gasteiger partial charge in [0.05, 0.1) is 5.92 Å². The lowest BCUT2D eigenvalue weighted by molar-refractivity contribution is -0.208. The van der Waals surface area contributed by atoms with Crippen molar-refractivity contribution in [3.8, 4) is 0 Å². The summed E-state index contributed by atoms with van der Waals surface area (Å²) in [5.41, 5.74) is 5.07. The fourth-order valence-electron chi connectivity index (χ4n) is 1.15. The molecule has 15 heavy (non-hydrogen) atoms. The van der Waals surface area contributed by atoms with Crippen LogP contribution in [0, 0.1) is 5.92 Å². The van der Waals surface area contributed by atoms with Crippen molar-refractivity contribution in [2.45, 2.75) is 32.7 Å². The molecule has 0 bridgehead atoms. The van der Waals surface area contributed by atoms with Crippen LogP contribution in [0.2, 0.25) is 0 Å². The molecule has 0 aromatic heterocycles. The molecule has 0 saturated heterocycles. The second-order valence-corrected chi connectivity index (χ2v) is 3.05. The van der Waals surface area contributed by atoms with Crippen molar-refractivity contribution in [3.63, 3.8) is 0 Å². The van der Waals surface area contributed by atoms with Crippen molar-refractivity contribution in [3.05, 3.63) is 0 Å². The predicted octanol–water partition coefficient (Wildman–Crippen LogP) is 1.91. The van der Waals surface area contributed by atoms with Crippen LogP contribution in [0.1, 0.15) is 20.3 Å². The molecular formula is C9H18F3NO2. The van der Waals surface area contributed by atoms with Gasteiger partial charge in [-0.15, -0.1) is 0 Å². The summed E-state index contributed by atoms with van der Waals surface area (Å²) in [7, 11) is 0. The highest BCUT2D eigenvalue weighted by atomic mass is 19.4. The summed E-state index contributed by atoms with van der Waals surface area (Å²) in [6, 6.07) is 0. The number of rotatable bonds is 7. The Bertz CT molecular complexity index is 158. The molecule has 0 fully saturated rings. The first-order valence-corrected chi connectivity index (χ1v) is 4.95. The van der Waals surface area contributed by atoms with Crippen LogP contribution in [0.3, 0.4) is 0 Å². The molecule has 0 aliphatic heterocycles. The first kappa shape index (κ1) is 14.7. The van der Waals surface area contributed by atoms with Crippen LogP contribution >= 0.6 is 0 Å². The topological polar surface area (TPSA) is 44.5 Å². The lowest BCUT2D eigenvalue weighted by atomic mass is 10.1. The van der Waals surface area contributed by atoms with E-state index >= 15 is 0 Å². The normalized spacial score (nSPS) is 14.6. The van der Waals surface area contributed by atoms with Crippen LogP contribution in [0.15, 0.2) is 0 Å². The molecule has 3 nitrogen and oxygen atoms in total. The number of hydrogen-bond acceptors (Lipinski definition) is 3. The average molecular weight is 229 g/mol. The molecule has 0 aromatic rings. The molecule has 0 saturated carbocycles. The summed E-state index contributed by atoms with van der Waals surface area (Å²) in [5, 5.41) is 0. The molecule has 0 aliphatic rings. The van der Waals surface area contributed by atoms with Gasteiger partial charge in [-0.05, 0) is 13.8 Å². The van der Waals surface area contributed by atoms with Crippen molar-refractivity contribution in [1.29, 1.82) is 0 Å². The van der Waals surface area contributed by atoms with Gasteiger partial charge < -0.3 is 15.2 Å². The van der Waals surface area contributed by atoms with Gasteiger partial charge in [0.2, 0.25) is 0 Å². The molecule has 0 heterocycles. The molecule has 0 aromatic carbocycles. The minimum atomic E-state index is -4.29. The number of halogens is 3. The third kappa shape index (κ3) is 5.96. The molecule has 1 unspecified atom stereocenters. The Morgan fingerprint density at radius 3 is 1.87 bits per heavy atom. The van der Waals surface area contributed by atoms with Crippen LogP contribution in [0.4, 0.5) is 13.2 Å². The maximum Gasteiger partial charge on any atom is 0.393 e. The largest absolute Gasteiger partial charge is 0.393 e. The zero-order chi connectivity index (χ0) is 11.9. The Morgan fingerprint density at radius 2 is 1.60 bits per heavy atom. The van der Waals surface area contributed by atoms with Crippen molar-refractivity contribution in [2.75, 3.05) is 19.8 Å². The summed E-state index contributed by atoms with van der Waals surface area (Å²) in [6.45, 7) is 3.61. The van der Waals surface area contributed by atoms with E-state index in [0.717, 1.165) is 0 Å². The van der Waals surface area contributed by atoms with E-state index in [1.54, 1.807) is 13.8 Å². The molecule has 6 heteroatoms. The number of nitrogens with two attached hydrogens (primary N) is 1. The Labute approximate surface area is 87.7 Å². The van der Waals surface area contributed by atoms with Gasteiger partial charge in [0.25, 0.3) is 0 Å². The smallest absolute Gasteiger partial charge is 0.353 e. The fraction of sp³-hybridized carbons (Fsp3) is 1.00. The highest BCUT2D eigenvalue weighted by Crippen LogP contribution is 2.29. The van der Waals surface area contributed by atoms with E-state index in [9.17, 15) is 13.2 Å². The van der Waals surface area contributed by atoms with Crippen molar-refractivity contribution < 1.29 is 22.6 Å². The SMILES string of the molecule is CCOC(CC(CN)C(F)(F)F)OCC. The van der Waals surface area contributed by atoms with Gasteiger partial charge in [0.1, 0.15) is 0 Å². The fourth-order valence-corrected chi connectivity index (χ4v) is 1.15. The van der Waals surface area contributed by atoms with E-state index < -0.39 is 24.9 Å². The van der Waals surface area contributed by atoms with Gasteiger partial charge in [-0.1, -0.05) is 0 Å². The second-order valence-electron chi connectivity index (χ2n) is 3.05. The minimum Gasteiger partial charge on any atom is -0.353 e. The summed E-state index contributed by atoms with van der Waals surface area (Å²) < 4.78 is 47.2. The first-order valence-electron chi connectivity index (χ1n) is 4.95. The summed E-state index contributed by atoms with van der Waals surface area (Å²) in [6.07, 6.45) is -5.36. The van der Waals surface area contributed by atoms with Gasteiger partial charge in [-0.25, -0.2) is 0 Å². The minimum absolute atomic E-state index is 0.248. The zero-order valence-corrected chi connectivity index (χ0v) is 9.01. The summed E-state index contributed by atoms with van der Waals surface area (Å²) in [4.78, 5) is 0. The van der Waals surface area contributed by atoms with Crippen molar-refractivity contribution in [1.82, 2.24) is 0 Å². The van der Waals surface area contributed by atoms with E-state index in [4.69, 9.17) is 15.2 Å². The first-order chi connectivity index (χ1) is 6.95. The quantitative estimate of drug-likeness (QED) is 0.678. The highest BCUT2D eigenvalue weighted by Gasteiger charge is 2.40. The van der Waals surface area contributed by atoms with Crippen LogP contribution in [0.5, 0.6) is 0 Å². The maximum atomic E-state index is 12.4. The Hall–Kier alpha value is -0.330. The van der Waals surface area contributed by atoms with E-state index in [1.165, 1.54) is 0 Å². The van der Waals surface area contributed by atoms with Gasteiger partial charge in [-0.3, -0.25) is 0 Å². The average Bonchev–Trinajstić information content (AvgIpc) is 2.12. The lowest BCUT2D eigenvalue weighted by Gasteiger charge is -2.24. The van der Waals surface area contributed by atoms with E-state index in [1.807, 2.05) is 0 Å². The summed E-state index contributed by atoms with van der Waals surface area (Å²) >= 11 is 0. The zero-order valence-electron chi connectivity index (χ0n) is 9.01. The van der Waals surface area contributed by atoms with Crippen LogP contribution in [-0.4, -0.2) is 32.2 Å². The second kappa shape index (κ2) is 7.03. The van der Waals surface area contributed by atoms with Gasteiger partial charge in [-0.2, -0.15) is 13.2 Å². The molecule has 1 atom stereocenters. The van der Waals surface area contributed by atoms with Crippen LogP contribution in [-0.2, 0) is 9.47 Å². The molecule has 0 rings (SSSR count). The maximum absolute atomic E-state index is 12.4. The molecule has 92 valence electrons. The lowest BCUT2D eigenvalue weighted by Crippen LogP contribution is -2.35. The van der Waals surface area contributed by atoms with Gasteiger partial charge >= 0.3 is 6.18 Å². The van der Waals surface area contributed by atoms with Crippen molar-refractivity contribution >= 4 is 0 Å². The van der Waals surface area contributed by atoms with Gasteiger partial charge in [0, 0.05) is 26.2 Å². The van der Waals surface area contributed by atoms with Gasteiger partial charge in [0.15, 0.2) is 6.29 Å². The molecule has 0 aliphatic carbocycles. The van der Waals surface area contributed by atoms with Crippen LogP contribution in [0.25, 0.3) is 0 Å². The third-order valence-corrected chi connectivity index (χ3v) is 1.93. The monoisotopic (exact) mass is 229 g/mol.